The summed E-state index contributed by atoms with van der Waals surface area (Å²) >= 11 is 0. The molecule has 0 saturated carbocycles. The quantitative estimate of drug-likeness (QED) is 0.398. The monoisotopic (exact) mass is 268 g/mol. The van der Waals surface area contributed by atoms with E-state index >= 15 is 0 Å². The molecule has 0 saturated heterocycles. The summed E-state index contributed by atoms with van der Waals surface area (Å²) in [6.07, 6.45) is 4.78. The van der Waals surface area contributed by atoms with Gasteiger partial charge in [-0.15, -0.1) is 0 Å². The van der Waals surface area contributed by atoms with Crippen molar-refractivity contribution in [3.05, 3.63) is 24.5 Å². The van der Waals surface area contributed by atoms with Crippen molar-refractivity contribution in [3.63, 3.8) is 0 Å². The van der Waals surface area contributed by atoms with Crippen LogP contribution in [0, 0.1) is 11.8 Å². The molecule has 0 aliphatic heterocycles. The maximum atomic E-state index is 6.06. The van der Waals surface area contributed by atoms with E-state index in [0.29, 0.717) is 18.4 Å². The maximum Gasteiger partial charge on any atom is 0.156 e. The molecule has 0 aromatic rings. The van der Waals surface area contributed by atoms with Crippen molar-refractivity contribution in [2.45, 2.75) is 59.5 Å². The molecule has 0 fully saturated rings. The minimum Gasteiger partial charge on any atom is -0.499 e. The van der Waals surface area contributed by atoms with Gasteiger partial charge in [-0.25, -0.2) is 0 Å². The Hall–Kier alpha value is -0.800. The molecule has 0 N–H and O–H groups in total. The van der Waals surface area contributed by atoms with Crippen LogP contribution in [0.5, 0.6) is 0 Å². The van der Waals surface area contributed by atoms with Crippen molar-refractivity contribution in [3.8, 4) is 0 Å². The van der Waals surface area contributed by atoms with E-state index in [4.69, 9.17) is 14.2 Å². The molecule has 0 radical (unpaired) electrons. The summed E-state index contributed by atoms with van der Waals surface area (Å²) in [5, 5.41) is 0. The molecule has 0 bridgehead atoms. The Labute approximate surface area is 117 Å². The van der Waals surface area contributed by atoms with E-state index in [1.807, 2.05) is 13.8 Å². The molecule has 0 amide bonds. The summed E-state index contributed by atoms with van der Waals surface area (Å²) in [7, 11) is 0. The zero-order chi connectivity index (χ0) is 14.4. The van der Waals surface area contributed by atoms with E-state index in [1.54, 1.807) is 0 Å². The third kappa shape index (κ3) is 5.00. The second-order valence-corrected chi connectivity index (χ2v) is 5.59. The maximum absolute atomic E-state index is 6.06. The van der Waals surface area contributed by atoms with Gasteiger partial charge >= 0.3 is 0 Å². The Kier molecular flexibility index (Phi) is 6.59. The molecule has 3 heteroatoms. The highest BCUT2D eigenvalue weighted by atomic mass is 16.7. The first-order valence-corrected chi connectivity index (χ1v) is 7.15. The molecule has 4 unspecified atom stereocenters. The zero-order valence-electron chi connectivity index (χ0n) is 12.9. The van der Waals surface area contributed by atoms with Crippen LogP contribution in [-0.4, -0.2) is 25.1 Å². The average Bonchev–Trinajstić information content (AvgIpc) is 2.36. The standard InChI is InChI=1S/C16H28O3/c1-7-17-10-13(4)18-15(6)19-16-12(3)9-8-11(2)14(16)5/h7,9,11,13-16H,1,8,10H2,2-6H3/t11?,13?,14?,15?,16-/m1/s1. The van der Waals surface area contributed by atoms with Gasteiger partial charge in [0.15, 0.2) is 6.29 Å². The van der Waals surface area contributed by atoms with Crippen LogP contribution >= 0.6 is 0 Å². The largest absolute Gasteiger partial charge is 0.499 e. The molecule has 3 nitrogen and oxygen atoms in total. The van der Waals surface area contributed by atoms with E-state index in [9.17, 15) is 0 Å². The number of allylic oxidation sites excluding steroid dienone is 1. The van der Waals surface area contributed by atoms with Crippen molar-refractivity contribution in [2.75, 3.05) is 6.61 Å². The molecule has 0 aromatic heterocycles. The van der Waals surface area contributed by atoms with Crippen molar-refractivity contribution in [2.24, 2.45) is 11.8 Å². The molecular formula is C16H28O3. The Morgan fingerprint density at radius 1 is 1.42 bits per heavy atom. The summed E-state index contributed by atoms with van der Waals surface area (Å²) < 4.78 is 16.9. The van der Waals surface area contributed by atoms with Crippen molar-refractivity contribution < 1.29 is 14.2 Å². The number of ether oxygens (including phenoxy) is 3. The molecule has 0 aromatic carbocycles. The number of rotatable bonds is 7. The van der Waals surface area contributed by atoms with E-state index in [2.05, 4.69) is 33.4 Å². The predicted octanol–water partition coefficient (Wildman–Crippen LogP) is 3.91. The highest BCUT2D eigenvalue weighted by Crippen LogP contribution is 2.32. The number of hydrogen-bond acceptors (Lipinski definition) is 3. The average molecular weight is 268 g/mol. The lowest BCUT2D eigenvalue weighted by Crippen LogP contribution is -2.36. The first-order valence-electron chi connectivity index (χ1n) is 7.15. The highest BCUT2D eigenvalue weighted by Gasteiger charge is 2.29. The topological polar surface area (TPSA) is 27.7 Å². The molecule has 0 heterocycles. The lowest BCUT2D eigenvalue weighted by atomic mass is 9.80. The minimum absolute atomic E-state index is 0.00592. The van der Waals surface area contributed by atoms with Gasteiger partial charge in [0.1, 0.15) is 6.61 Å². The molecule has 5 atom stereocenters. The predicted molar refractivity (Wildman–Crippen MR) is 77.7 cm³/mol. The Morgan fingerprint density at radius 2 is 2.11 bits per heavy atom. The molecule has 1 rings (SSSR count). The van der Waals surface area contributed by atoms with Gasteiger partial charge in [0.05, 0.1) is 18.5 Å². The number of hydrogen-bond donors (Lipinski definition) is 0. The van der Waals surface area contributed by atoms with Crippen LogP contribution in [0.25, 0.3) is 0 Å². The van der Waals surface area contributed by atoms with E-state index in [0.717, 1.165) is 6.42 Å². The lowest BCUT2D eigenvalue weighted by Gasteiger charge is -2.35. The fourth-order valence-corrected chi connectivity index (χ4v) is 2.46. The molecule has 19 heavy (non-hydrogen) atoms. The lowest BCUT2D eigenvalue weighted by molar-refractivity contribution is -0.191. The Balaban J connectivity index is 2.46. The van der Waals surface area contributed by atoms with Crippen LogP contribution < -0.4 is 0 Å². The van der Waals surface area contributed by atoms with Crippen LogP contribution in [0.4, 0.5) is 0 Å². The highest BCUT2D eigenvalue weighted by molar-refractivity contribution is 5.11. The fourth-order valence-electron chi connectivity index (χ4n) is 2.46. The summed E-state index contributed by atoms with van der Waals surface area (Å²) in [6.45, 7) is 14.6. The Bertz CT molecular complexity index is 311. The van der Waals surface area contributed by atoms with Crippen LogP contribution in [0.15, 0.2) is 24.5 Å². The van der Waals surface area contributed by atoms with Gasteiger partial charge in [-0.3, -0.25) is 0 Å². The minimum atomic E-state index is -0.232. The van der Waals surface area contributed by atoms with E-state index in [-0.39, 0.29) is 18.5 Å². The van der Waals surface area contributed by atoms with Gasteiger partial charge in [-0.05, 0) is 44.6 Å². The first-order chi connectivity index (χ1) is 8.95. The van der Waals surface area contributed by atoms with E-state index in [1.165, 1.54) is 11.8 Å². The SMILES string of the molecule is C=COCC(C)OC(C)O[C@@H]1C(C)=CCC(C)C1C. The fraction of sp³-hybridized carbons (Fsp3) is 0.750. The molecular weight excluding hydrogens is 240 g/mol. The van der Waals surface area contributed by atoms with E-state index < -0.39 is 0 Å². The normalized spacial score (nSPS) is 30.4. The third-order valence-electron chi connectivity index (χ3n) is 3.85. The van der Waals surface area contributed by atoms with Crippen LogP contribution in [0.1, 0.15) is 41.0 Å². The third-order valence-corrected chi connectivity index (χ3v) is 3.85. The van der Waals surface area contributed by atoms with Crippen molar-refractivity contribution in [1.82, 2.24) is 0 Å². The molecule has 110 valence electrons. The van der Waals surface area contributed by atoms with Gasteiger partial charge in [0, 0.05) is 0 Å². The zero-order valence-corrected chi connectivity index (χ0v) is 12.9. The van der Waals surface area contributed by atoms with Crippen LogP contribution in [-0.2, 0) is 14.2 Å². The van der Waals surface area contributed by atoms with Crippen LogP contribution in [0.2, 0.25) is 0 Å². The van der Waals surface area contributed by atoms with Gasteiger partial charge in [0.25, 0.3) is 0 Å². The molecule has 0 spiro atoms. The van der Waals surface area contributed by atoms with Gasteiger partial charge in [-0.2, -0.15) is 0 Å². The summed E-state index contributed by atoms with van der Waals surface area (Å²) in [5.74, 6) is 1.18. The van der Waals surface area contributed by atoms with Gasteiger partial charge < -0.3 is 14.2 Å². The second-order valence-electron chi connectivity index (χ2n) is 5.59. The van der Waals surface area contributed by atoms with Crippen molar-refractivity contribution in [1.29, 1.82) is 0 Å². The van der Waals surface area contributed by atoms with Gasteiger partial charge in [-0.1, -0.05) is 26.5 Å². The summed E-state index contributed by atoms with van der Waals surface area (Å²) in [4.78, 5) is 0. The first kappa shape index (κ1) is 16.3. The molecule has 1 aliphatic carbocycles. The van der Waals surface area contributed by atoms with Crippen molar-refractivity contribution >= 4 is 0 Å². The van der Waals surface area contributed by atoms with Crippen LogP contribution in [0.3, 0.4) is 0 Å². The smallest absolute Gasteiger partial charge is 0.156 e. The molecule has 1 aliphatic rings. The Morgan fingerprint density at radius 3 is 2.74 bits per heavy atom. The second kappa shape index (κ2) is 7.71. The van der Waals surface area contributed by atoms with Gasteiger partial charge in [0.2, 0.25) is 0 Å². The summed E-state index contributed by atoms with van der Waals surface area (Å²) in [5.41, 5.74) is 1.32. The summed E-state index contributed by atoms with van der Waals surface area (Å²) in [6, 6.07) is 0.